The van der Waals surface area contributed by atoms with E-state index in [0.29, 0.717) is 19.3 Å². The van der Waals surface area contributed by atoms with Gasteiger partial charge in [-0.1, -0.05) is 198 Å². The van der Waals surface area contributed by atoms with Gasteiger partial charge in [-0.3, -0.25) is 14.4 Å². The summed E-state index contributed by atoms with van der Waals surface area (Å²) in [4.78, 5) is 37.5. The number of carbonyl (C=O) groups is 3. The molecule has 0 saturated carbocycles. The van der Waals surface area contributed by atoms with Crippen molar-refractivity contribution >= 4 is 17.9 Å². The smallest absolute Gasteiger partial charge is 0.306 e. The van der Waals surface area contributed by atoms with Crippen LogP contribution in [0.3, 0.4) is 0 Å². The van der Waals surface area contributed by atoms with Crippen LogP contribution in [-0.2, 0) is 28.6 Å². The normalized spacial score (nSPS) is 12.4. The molecule has 0 aliphatic carbocycles. The number of hydrogen-bond donors (Lipinski definition) is 0. The van der Waals surface area contributed by atoms with Crippen LogP contribution in [0.25, 0.3) is 0 Å². The Morgan fingerprint density at radius 3 is 1.11 bits per heavy atom. The van der Waals surface area contributed by atoms with E-state index < -0.39 is 6.10 Å². The summed E-state index contributed by atoms with van der Waals surface area (Å²) < 4.78 is 16.6. The molecule has 318 valence electrons. The van der Waals surface area contributed by atoms with Gasteiger partial charge in [-0.25, -0.2) is 0 Å². The first-order chi connectivity index (χ1) is 27.0. The summed E-state index contributed by atoms with van der Waals surface area (Å²) in [7, 11) is 0. The van der Waals surface area contributed by atoms with Crippen molar-refractivity contribution < 1.29 is 28.6 Å². The van der Waals surface area contributed by atoms with E-state index in [9.17, 15) is 14.4 Å². The number of allylic oxidation sites excluding steroid dienone is 8. The van der Waals surface area contributed by atoms with Gasteiger partial charge in [0.2, 0.25) is 0 Å². The molecule has 6 nitrogen and oxygen atoms in total. The van der Waals surface area contributed by atoms with Gasteiger partial charge in [-0.2, -0.15) is 0 Å². The average Bonchev–Trinajstić information content (AvgIpc) is 3.18. The van der Waals surface area contributed by atoms with Crippen molar-refractivity contribution in [2.75, 3.05) is 13.2 Å². The predicted octanol–water partition coefficient (Wildman–Crippen LogP) is 14.8. The maximum atomic E-state index is 12.6. The molecular weight excluding hydrogens is 685 g/mol. The molecular formula is C49H86O6. The fourth-order valence-corrected chi connectivity index (χ4v) is 6.37. The molecule has 0 radical (unpaired) electrons. The third-order valence-corrected chi connectivity index (χ3v) is 9.85. The van der Waals surface area contributed by atoms with Gasteiger partial charge in [-0.15, -0.1) is 0 Å². The fraction of sp³-hybridized carbons (Fsp3) is 0.776. The van der Waals surface area contributed by atoms with E-state index in [1.165, 1.54) is 96.3 Å². The summed E-state index contributed by atoms with van der Waals surface area (Å²) in [6, 6.07) is 0. The third kappa shape index (κ3) is 42.4. The van der Waals surface area contributed by atoms with Crippen molar-refractivity contribution in [2.24, 2.45) is 0 Å². The summed E-state index contributed by atoms with van der Waals surface area (Å²) in [6.45, 7) is 6.45. The van der Waals surface area contributed by atoms with Gasteiger partial charge in [-0.05, 0) is 57.8 Å². The standard InChI is InChI=1S/C49H86O6/c1-4-7-10-13-16-18-19-20-21-22-23-24-25-26-27-28-29-31-33-36-39-42-48(51)54-45-46(44-53-47(50)41-38-35-32-15-12-9-6-3)55-49(52)43-40-37-34-30-17-14-11-8-5-2/h7,10,16,18,20-21,23-24,46H,4-6,8-9,11-15,17,19,22,25-45H2,1-3H3/b10-7-,18-16-,21-20-,24-23-. The Bertz CT molecular complexity index is 980. The minimum atomic E-state index is -0.768. The molecule has 0 saturated heterocycles. The number of hydrogen-bond acceptors (Lipinski definition) is 6. The quantitative estimate of drug-likeness (QED) is 0.0267. The Labute approximate surface area is 339 Å². The predicted molar refractivity (Wildman–Crippen MR) is 233 cm³/mol. The lowest BCUT2D eigenvalue weighted by molar-refractivity contribution is -0.167. The maximum absolute atomic E-state index is 12.6. The molecule has 0 heterocycles. The van der Waals surface area contributed by atoms with Gasteiger partial charge in [0.25, 0.3) is 0 Å². The highest BCUT2D eigenvalue weighted by Crippen LogP contribution is 2.14. The Morgan fingerprint density at radius 1 is 0.382 bits per heavy atom. The highest BCUT2D eigenvalue weighted by Gasteiger charge is 2.19. The lowest BCUT2D eigenvalue weighted by atomic mass is 10.1. The molecule has 0 N–H and O–H groups in total. The number of esters is 3. The first kappa shape index (κ1) is 52.4. The van der Waals surface area contributed by atoms with E-state index in [2.05, 4.69) is 69.4 Å². The van der Waals surface area contributed by atoms with Crippen molar-refractivity contribution in [1.82, 2.24) is 0 Å². The van der Waals surface area contributed by atoms with E-state index in [1.54, 1.807) is 0 Å². The largest absolute Gasteiger partial charge is 0.462 e. The summed E-state index contributed by atoms with van der Waals surface area (Å²) in [5.74, 6) is -0.891. The topological polar surface area (TPSA) is 78.9 Å². The Balaban J connectivity index is 4.19. The molecule has 0 aromatic carbocycles. The van der Waals surface area contributed by atoms with E-state index in [4.69, 9.17) is 14.2 Å². The van der Waals surface area contributed by atoms with E-state index in [0.717, 1.165) is 89.9 Å². The molecule has 0 aromatic heterocycles. The van der Waals surface area contributed by atoms with Crippen LogP contribution >= 0.6 is 0 Å². The van der Waals surface area contributed by atoms with Crippen LogP contribution in [0.5, 0.6) is 0 Å². The van der Waals surface area contributed by atoms with Crippen molar-refractivity contribution in [3.8, 4) is 0 Å². The summed E-state index contributed by atoms with van der Waals surface area (Å²) in [5, 5.41) is 0. The molecule has 0 fully saturated rings. The molecule has 0 rings (SSSR count). The summed E-state index contributed by atoms with van der Waals surface area (Å²) in [6.07, 6.45) is 51.1. The highest BCUT2D eigenvalue weighted by molar-refractivity contribution is 5.71. The Hall–Kier alpha value is -2.63. The van der Waals surface area contributed by atoms with Crippen LogP contribution < -0.4 is 0 Å². The van der Waals surface area contributed by atoms with Gasteiger partial charge in [0.05, 0.1) is 0 Å². The van der Waals surface area contributed by atoms with E-state index in [-0.39, 0.29) is 31.1 Å². The summed E-state index contributed by atoms with van der Waals surface area (Å²) in [5.41, 5.74) is 0. The molecule has 1 unspecified atom stereocenters. The van der Waals surface area contributed by atoms with Crippen molar-refractivity contribution in [2.45, 2.75) is 232 Å². The molecule has 55 heavy (non-hydrogen) atoms. The number of carbonyl (C=O) groups excluding carboxylic acids is 3. The number of unbranched alkanes of at least 4 members (excludes halogenated alkanes) is 22. The Kier molecular flexibility index (Phi) is 42.0. The molecule has 0 spiro atoms. The molecule has 6 heteroatoms. The van der Waals surface area contributed by atoms with Gasteiger partial charge in [0, 0.05) is 19.3 Å². The van der Waals surface area contributed by atoms with Gasteiger partial charge < -0.3 is 14.2 Å². The van der Waals surface area contributed by atoms with Gasteiger partial charge in [0.1, 0.15) is 13.2 Å². The van der Waals surface area contributed by atoms with Crippen LogP contribution in [0.4, 0.5) is 0 Å². The van der Waals surface area contributed by atoms with E-state index in [1.807, 2.05) is 0 Å². The van der Waals surface area contributed by atoms with Crippen LogP contribution in [-0.4, -0.2) is 37.2 Å². The van der Waals surface area contributed by atoms with E-state index >= 15 is 0 Å². The zero-order valence-corrected chi connectivity index (χ0v) is 36.2. The lowest BCUT2D eigenvalue weighted by Gasteiger charge is -2.18. The first-order valence-electron chi connectivity index (χ1n) is 23.1. The average molecular weight is 771 g/mol. The van der Waals surface area contributed by atoms with Gasteiger partial charge in [0.15, 0.2) is 6.10 Å². The van der Waals surface area contributed by atoms with Crippen LogP contribution in [0.1, 0.15) is 226 Å². The molecule has 0 aliphatic rings. The SMILES string of the molecule is CC/C=C\C/C=C\C/C=C\C/C=C\CCCCCCCCCCC(=O)OCC(COC(=O)CCCCCCCCC)OC(=O)CCCCCCCCCCC. The second-order valence-corrected chi connectivity index (χ2v) is 15.3. The zero-order chi connectivity index (χ0) is 40.1. The molecule has 0 aromatic rings. The lowest BCUT2D eigenvalue weighted by Crippen LogP contribution is -2.30. The Morgan fingerprint density at radius 2 is 0.709 bits per heavy atom. The van der Waals surface area contributed by atoms with Crippen molar-refractivity contribution in [1.29, 1.82) is 0 Å². The third-order valence-electron chi connectivity index (χ3n) is 9.85. The van der Waals surface area contributed by atoms with Crippen LogP contribution in [0.15, 0.2) is 48.6 Å². The monoisotopic (exact) mass is 771 g/mol. The van der Waals surface area contributed by atoms with Crippen LogP contribution in [0, 0.1) is 0 Å². The van der Waals surface area contributed by atoms with Crippen LogP contribution in [0.2, 0.25) is 0 Å². The maximum Gasteiger partial charge on any atom is 0.306 e. The van der Waals surface area contributed by atoms with Gasteiger partial charge >= 0.3 is 17.9 Å². The second kappa shape index (κ2) is 44.1. The summed E-state index contributed by atoms with van der Waals surface area (Å²) >= 11 is 0. The first-order valence-corrected chi connectivity index (χ1v) is 23.1. The van der Waals surface area contributed by atoms with Crippen molar-refractivity contribution in [3.63, 3.8) is 0 Å². The minimum absolute atomic E-state index is 0.0739. The number of ether oxygens (including phenoxy) is 3. The fourth-order valence-electron chi connectivity index (χ4n) is 6.37. The molecule has 1 atom stereocenters. The highest BCUT2D eigenvalue weighted by atomic mass is 16.6. The second-order valence-electron chi connectivity index (χ2n) is 15.3. The zero-order valence-electron chi connectivity index (χ0n) is 36.2. The number of rotatable bonds is 41. The molecule has 0 amide bonds. The van der Waals surface area contributed by atoms with Crippen molar-refractivity contribution in [3.05, 3.63) is 48.6 Å². The molecule has 0 aliphatic heterocycles. The minimum Gasteiger partial charge on any atom is -0.462 e. The molecule has 0 bridgehead atoms.